The van der Waals surface area contributed by atoms with Gasteiger partial charge in [-0.1, -0.05) is 31.7 Å². The fraction of sp³-hybridized carbons (Fsp3) is 0.360. The Morgan fingerprint density at radius 2 is 1.66 bits per heavy atom. The van der Waals surface area contributed by atoms with Crippen molar-refractivity contribution in [1.82, 2.24) is 14.8 Å². The third-order valence-electron chi connectivity index (χ3n) is 4.83. The van der Waals surface area contributed by atoms with Gasteiger partial charge in [0.05, 0.1) is 12.9 Å². The normalized spacial score (nSPS) is 11.7. The molecule has 0 aliphatic rings. The lowest BCUT2D eigenvalue weighted by molar-refractivity contribution is -0.114. The first-order valence-electron chi connectivity index (χ1n) is 11.3. The molecule has 0 saturated carbocycles. The average Bonchev–Trinajstić information content (AvgIpc) is 3.20. The molecule has 0 spiro atoms. The highest BCUT2D eigenvalue weighted by atomic mass is 32.2. The number of amides is 2. The zero-order valence-electron chi connectivity index (χ0n) is 20.6. The fourth-order valence-corrected chi connectivity index (χ4v) is 4.10. The number of nitrogens with one attached hydrogen (secondary N) is 2. The lowest BCUT2D eigenvalue weighted by Gasteiger charge is -2.18. The second kappa shape index (κ2) is 12.3. The lowest BCUT2D eigenvalue weighted by atomic mass is 10.2. The second-order valence-corrected chi connectivity index (χ2v) is 9.32. The van der Waals surface area contributed by atoms with Gasteiger partial charge in [-0.2, -0.15) is 0 Å². The third-order valence-corrected chi connectivity index (χ3v) is 5.80. The van der Waals surface area contributed by atoms with Gasteiger partial charge in [-0.05, 0) is 49.2 Å². The van der Waals surface area contributed by atoms with Gasteiger partial charge in [-0.15, -0.1) is 10.2 Å². The molecule has 1 atom stereocenters. The number of carbonyl (C=O) groups excluding carboxylic acids is 2. The van der Waals surface area contributed by atoms with Crippen molar-refractivity contribution in [3.63, 3.8) is 0 Å². The zero-order chi connectivity index (χ0) is 25.4. The van der Waals surface area contributed by atoms with Crippen LogP contribution in [-0.4, -0.2) is 39.4 Å². The molecule has 9 nitrogen and oxygen atoms in total. The largest absolute Gasteiger partial charge is 0.497 e. The molecule has 35 heavy (non-hydrogen) atoms. The monoisotopic (exact) mass is 497 g/mol. The summed E-state index contributed by atoms with van der Waals surface area (Å²) in [6.07, 6.45) is -0.348. The van der Waals surface area contributed by atoms with E-state index in [0.717, 1.165) is 0 Å². The molecule has 0 aliphatic carbocycles. The Hall–Kier alpha value is -3.53. The second-order valence-electron chi connectivity index (χ2n) is 8.38. The Labute approximate surface area is 209 Å². The number of thioether (sulfide) groups is 1. The smallest absolute Gasteiger partial charge is 0.234 e. The number of rotatable bonds is 11. The van der Waals surface area contributed by atoms with E-state index in [-0.39, 0.29) is 23.7 Å². The zero-order valence-corrected chi connectivity index (χ0v) is 21.4. The topological polar surface area (TPSA) is 107 Å². The van der Waals surface area contributed by atoms with Gasteiger partial charge in [-0.3, -0.25) is 9.59 Å². The van der Waals surface area contributed by atoms with Crippen LogP contribution in [-0.2, 0) is 16.1 Å². The van der Waals surface area contributed by atoms with Gasteiger partial charge in [0.2, 0.25) is 11.8 Å². The van der Waals surface area contributed by atoms with Crippen molar-refractivity contribution < 1.29 is 19.1 Å². The molecule has 1 unspecified atom stereocenters. The summed E-state index contributed by atoms with van der Waals surface area (Å²) < 4.78 is 13.4. The number of anilines is 2. The maximum atomic E-state index is 12.5. The Kier molecular flexibility index (Phi) is 9.13. The molecule has 2 N–H and O–H groups in total. The van der Waals surface area contributed by atoms with E-state index in [0.29, 0.717) is 46.3 Å². The SMILES string of the molecule is COc1cccc(OC(C)c2nnc(SCC(=O)Nc3ccc(NC(C)=O)cc3)n2CC(C)C)c1. The number of hydrogen-bond acceptors (Lipinski definition) is 7. The summed E-state index contributed by atoms with van der Waals surface area (Å²) in [5.41, 5.74) is 1.32. The Bertz CT molecular complexity index is 1150. The summed E-state index contributed by atoms with van der Waals surface area (Å²) in [4.78, 5) is 23.7. The van der Waals surface area contributed by atoms with E-state index < -0.39 is 0 Å². The van der Waals surface area contributed by atoms with Gasteiger partial charge in [0.15, 0.2) is 17.1 Å². The van der Waals surface area contributed by atoms with E-state index in [4.69, 9.17) is 9.47 Å². The van der Waals surface area contributed by atoms with E-state index >= 15 is 0 Å². The molecule has 10 heteroatoms. The summed E-state index contributed by atoms with van der Waals surface area (Å²) in [7, 11) is 1.61. The number of carbonyl (C=O) groups is 2. The summed E-state index contributed by atoms with van der Waals surface area (Å²) in [5, 5.41) is 14.9. The van der Waals surface area contributed by atoms with E-state index in [2.05, 4.69) is 34.7 Å². The predicted octanol–water partition coefficient (Wildman–Crippen LogP) is 4.77. The van der Waals surface area contributed by atoms with Crippen LogP contribution in [0.4, 0.5) is 11.4 Å². The molecule has 1 heterocycles. The maximum absolute atomic E-state index is 12.5. The van der Waals surface area contributed by atoms with Gasteiger partial charge in [0.25, 0.3) is 0 Å². The first-order valence-corrected chi connectivity index (χ1v) is 12.3. The van der Waals surface area contributed by atoms with Crippen LogP contribution in [0, 0.1) is 5.92 Å². The highest BCUT2D eigenvalue weighted by Crippen LogP contribution is 2.27. The highest BCUT2D eigenvalue weighted by Gasteiger charge is 2.21. The molecule has 186 valence electrons. The minimum atomic E-state index is -0.348. The van der Waals surface area contributed by atoms with Crippen molar-refractivity contribution in [1.29, 1.82) is 0 Å². The first kappa shape index (κ1) is 26.1. The van der Waals surface area contributed by atoms with Gasteiger partial charge in [-0.25, -0.2) is 0 Å². The number of hydrogen-bond donors (Lipinski definition) is 2. The molecule has 0 radical (unpaired) electrons. The van der Waals surface area contributed by atoms with Crippen LogP contribution in [0.2, 0.25) is 0 Å². The Morgan fingerprint density at radius 1 is 1.00 bits per heavy atom. The summed E-state index contributed by atoms with van der Waals surface area (Å²) >= 11 is 1.32. The van der Waals surface area contributed by atoms with Crippen molar-refractivity contribution in [2.45, 2.75) is 45.5 Å². The van der Waals surface area contributed by atoms with Crippen molar-refractivity contribution in [2.75, 3.05) is 23.5 Å². The third kappa shape index (κ3) is 7.74. The number of aromatic nitrogens is 3. The molecule has 2 amide bonds. The molecular formula is C25H31N5O4S. The van der Waals surface area contributed by atoms with Crippen LogP contribution in [0.5, 0.6) is 11.5 Å². The number of nitrogens with zero attached hydrogens (tertiary/aromatic N) is 3. The molecule has 0 saturated heterocycles. The van der Waals surface area contributed by atoms with Crippen molar-refractivity contribution in [3.8, 4) is 11.5 Å². The minimum Gasteiger partial charge on any atom is -0.497 e. The van der Waals surface area contributed by atoms with Crippen LogP contribution in [0.3, 0.4) is 0 Å². The van der Waals surface area contributed by atoms with E-state index in [1.807, 2.05) is 35.8 Å². The van der Waals surface area contributed by atoms with E-state index in [1.54, 1.807) is 31.4 Å². The number of methoxy groups -OCH3 is 1. The van der Waals surface area contributed by atoms with E-state index in [9.17, 15) is 9.59 Å². The summed E-state index contributed by atoms with van der Waals surface area (Å²) in [6.45, 7) is 8.29. The molecular weight excluding hydrogens is 466 g/mol. The van der Waals surface area contributed by atoms with Gasteiger partial charge in [0, 0.05) is 30.9 Å². The minimum absolute atomic E-state index is 0.147. The number of benzene rings is 2. The van der Waals surface area contributed by atoms with Crippen LogP contribution in [0.25, 0.3) is 0 Å². The van der Waals surface area contributed by atoms with Gasteiger partial charge in [0.1, 0.15) is 11.5 Å². The lowest BCUT2D eigenvalue weighted by Crippen LogP contribution is -2.17. The maximum Gasteiger partial charge on any atom is 0.234 e. The summed E-state index contributed by atoms with van der Waals surface area (Å²) in [6, 6.07) is 14.4. The van der Waals surface area contributed by atoms with Gasteiger partial charge < -0.3 is 24.7 Å². The van der Waals surface area contributed by atoms with Crippen molar-refractivity contribution in [2.24, 2.45) is 5.92 Å². The standard InChI is InChI=1S/C25H31N5O4S/c1-16(2)14-30-24(17(3)34-22-8-6-7-21(13-22)33-5)28-29-25(30)35-15-23(32)27-20-11-9-19(10-12-20)26-18(4)31/h6-13,16-17H,14-15H2,1-5H3,(H,26,31)(H,27,32). The average molecular weight is 498 g/mol. The highest BCUT2D eigenvalue weighted by molar-refractivity contribution is 7.99. The molecule has 1 aromatic heterocycles. The van der Waals surface area contributed by atoms with Crippen LogP contribution in [0.1, 0.15) is 39.6 Å². The van der Waals surface area contributed by atoms with Crippen LogP contribution < -0.4 is 20.1 Å². The molecule has 2 aromatic carbocycles. The van der Waals surface area contributed by atoms with E-state index in [1.165, 1.54) is 18.7 Å². The fourth-order valence-electron chi connectivity index (χ4n) is 3.34. The molecule has 3 aromatic rings. The molecule has 0 bridgehead atoms. The molecule has 0 fully saturated rings. The number of ether oxygens (including phenoxy) is 2. The molecule has 3 rings (SSSR count). The Morgan fingerprint density at radius 3 is 2.29 bits per heavy atom. The predicted molar refractivity (Wildman–Crippen MR) is 137 cm³/mol. The van der Waals surface area contributed by atoms with Crippen LogP contribution >= 0.6 is 11.8 Å². The molecule has 0 aliphatic heterocycles. The van der Waals surface area contributed by atoms with Crippen LogP contribution in [0.15, 0.2) is 53.7 Å². The van der Waals surface area contributed by atoms with Gasteiger partial charge >= 0.3 is 0 Å². The first-order chi connectivity index (χ1) is 16.7. The Balaban J connectivity index is 1.65. The summed E-state index contributed by atoms with van der Waals surface area (Å²) in [5.74, 6) is 2.30. The van der Waals surface area contributed by atoms with Crippen molar-refractivity contribution >= 4 is 35.0 Å². The quantitative estimate of drug-likeness (QED) is 0.367. The van der Waals surface area contributed by atoms with Crippen molar-refractivity contribution in [3.05, 3.63) is 54.4 Å².